The van der Waals surface area contributed by atoms with Gasteiger partial charge in [-0.3, -0.25) is 9.59 Å². The third kappa shape index (κ3) is 5.13. The van der Waals surface area contributed by atoms with Crippen LogP contribution in [0.15, 0.2) is 18.2 Å². The lowest BCUT2D eigenvalue weighted by molar-refractivity contribution is -0.127. The number of ketones is 1. The summed E-state index contributed by atoms with van der Waals surface area (Å²) in [4.78, 5) is 24.3. The van der Waals surface area contributed by atoms with Crippen LogP contribution in [-0.2, 0) is 4.79 Å². The van der Waals surface area contributed by atoms with Crippen LogP contribution in [-0.4, -0.2) is 18.2 Å². The van der Waals surface area contributed by atoms with E-state index in [1.54, 1.807) is 6.07 Å². The molecule has 0 saturated heterocycles. The normalized spacial score (nSPS) is 20.8. The predicted octanol–water partition coefficient (Wildman–Crippen LogP) is 4.71. The summed E-state index contributed by atoms with van der Waals surface area (Å²) in [5.41, 5.74) is 0.996. The molecule has 1 aromatic carbocycles. The second kappa shape index (κ2) is 8.59. The highest BCUT2D eigenvalue weighted by molar-refractivity contribution is 5.94. The van der Waals surface area contributed by atoms with E-state index in [0.29, 0.717) is 18.2 Å². The van der Waals surface area contributed by atoms with Crippen LogP contribution in [0.2, 0.25) is 0 Å². The summed E-state index contributed by atoms with van der Waals surface area (Å²) in [7, 11) is 0. The Balaban J connectivity index is 1.84. The van der Waals surface area contributed by atoms with Crippen LogP contribution in [0.4, 0.5) is 4.39 Å². The molecule has 1 N–H and O–H groups in total. The summed E-state index contributed by atoms with van der Waals surface area (Å²) in [5.74, 6) is 0.414. The molecule has 0 spiro atoms. The van der Waals surface area contributed by atoms with E-state index in [9.17, 15) is 14.0 Å². The summed E-state index contributed by atoms with van der Waals surface area (Å²) < 4.78 is 14.1. The maximum atomic E-state index is 14.1. The fourth-order valence-electron chi connectivity index (χ4n) is 3.53. The van der Waals surface area contributed by atoms with Crippen molar-refractivity contribution >= 4 is 11.7 Å². The third-order valence-electron chi connectivity index (χ3n) is 5.27. The van der Waals surface area contributed by atoms with Crippen molar-refractivity contribution in [3.8, 4) is 0 Å². The molecule has 1 saturated carbocycles. The van der Waals surface area contributed by atoms with Crippen molar-refractivity contribution < 1.29 is 14.0 Å². The number of carbonyl (C=O) groups is 2. The minimum absolute atomic E-state index is 0.0954. The van der Waals surface area contributed by atoms with Gasteiger partial charge >= 0.3 is 0 Å². The number of rotatable bonds is 6. The molecule has 0 heterocycles. The van der Waals surface area contributed by atoms with E-state index in [1.807, 2.05) is 33.8 Å². The molecule has 0 unspecified atom stereocenters. The number of carbonyl (C=O) groups excluding carboxylic acids is 2. The maximum absolute atomic E-state index is 14.1. The molecule has 1 aliphatic carbocycles. The monoisotopic (exact) mass is 347 g/mol. The Morgan fingerprint density at radius 1 is 1.12 bits per heavy atom. The standard InChI is InChI=1S/C21H30FNO2/c1-13(2)17-9-10-18(19(22)11-17)21(25)23-12-15-5-7-16(8-6-15)20(24)14(3)4/h9-11,13-16H,5-8,12H2,1-4H3,(H,23,25)/t15-,16-. The highest BCUT2D eigenvalue weighted by Crippen LogP contribution is 2.30. The number of benzene rings is 1. The predicted molar refractivity (Wildman–Crippen MR) is 98.1 cm³/mol. The molecule has 1 aliphatic rings. The van der Waals surface area contributed by atoms with Gasteiger partial charge < -0.3 is 5.32 Å². The van der Waals surface area contributed by atoms with Crippen LogP contribution >= 0.6 is 0 Å². The fraction of sp³-hybridized carbons (Fsp3) is 0.619. The first kappa shape index (κ1) is 19.6. The molecule has 1 fully saturated rings. The minimum Gasteiger partial charge on any atom is -0.352 e. The molecule has 1 amide bonds. The van der Waals surface area contributed by atoms with E-state index in [1.165, 1.54) is 6.07 Å². The molecule has 0 radical (unpaired) electrons. The van der Waals surface area contributed by atoms with Crippen LogP contribution in [0, 0.1) is 23.6 Å². The zero-order valence-corrected chi connectivity index (χ0v) is 15.8. The summed E-state index contributed by atoms with van der Waals surface area (Å²) in [6, 6.07) is 4.83. The smallest absolute Gasteiger partial charge is 0.254 e. The van der Waals surface area contributed by atoms with Crippen molar-refractivity contribution in [1.29, 1.82) is 0 Å². The van der Waals surface area contributed by atoms with Gasteiger partial charge in [0.1, 0.15) is 11.6 Å². The van der Waals surface area contributed by atoms with Crippen molar-refractivity contribution in [3.05, 3.63) is 35.1 Å². The molecule has 0 aliphatic heterocycles. The molecule has 25 heavy (non-hydrogen) atoms. The Kier molecular flexibility index (Phi) is 6.74. The van der Waals surface area contributed by atoms with Gasteiger partial charge in [-0.25, -0.2) is 4.39 Å². The Bertz CT molecular complexity index is 616. The number of amides is 1. The lowest BCUT2D eigenvalue weighted by Gasteiger charge is -2.28. The zero-order valence-electron chi connectivity index (χ0n) is 15.8. The van der Waals surface area contributed by atoms with Crippen LogP contribution in [0.5, 0.6) is 0 Å². The average molecular weight is 347 g/mol. The molecule has 0 atom stereocenters. The first-order chi connectivity index (χ1) is 11.8. The molecular weight excluding hydrogens is 317 g/mol. The van der Waals surface area contributed by atoms with Crippen molar-refractivity contribution in [2.75, 3.05) is 6.54 Å². The van der Waals surface area contributed by atoms with E-state index in [4.69, 9.17) is 0 Å². The van der Waals surface area contributed by atoms with Gasteiger partial charge in [0.05, 0.1) is 5.56 Å². The molecule has 138 valence electrons. The molecule has 0 aromatic heterocycles. The van der Waals surface area contributed by atoms with Gasteiger partial charge in [-0.1, -0.05) is 33.8 Å². The first-order valence-electron chi connectivity index (χ1n) is 9.41. The molecular formula is C21H30FNO2. The zero-order chi connectivity index (χ0) is 18.6. The van der Waals surface area contributed by atoms with Gasteiger partial charge in [0.15, 0.2) is 0 Å². The lowest BCUT2D eigenvalue weighted by atomic mass is 9.78. The number of Topliss-reactive ketones (excluding diaryl/α,β-unsaturated/α-hetero) is 1. The molecule has 1 aromatic rings. The largest absolute Gasteiger partial charge is 0.352 e. The number of hydrogen-bond acceptors (Lipinski definition) is 2. The van der Waals surface area contributed by atoms with Crippen molar-refractivity contribution in [2.24, 2.45) is 17.8 Å². The molecule has 4 heteroatoms. The van der Waals surface area contributed by atoms with Gasteiger partial charge in [0.2, 0.25) is 0 Å². The SMILES string of the molecule is CC(C)c1ccc(C(=O)NC[C@H]2CC[C@H](C(=O)C(C)C)CC2)c(F)c1. The van der Waals surface area contributed by atoms with Gasteiger partial charge in [-0.15, -0.1) is 0 Å². The lowest BCUT2D eigenvalue weighted by Crippen LogP contribution is -2.33. The van der Waals surface area contributed by atoms with E-state index >= 15 is 0 Å². The van der Waals surface area contributed by atoms with Crippen LogP contribution < -0.4 is 5.32 Å². The highest BCUT2D eigenvalue weighted by atomic mass is 19.1. The van der Waals surface area contributed by atoms with E-state index in [0.717, 1.165) is 31.2 Å². The minimum atomic E-state index is -0.463. The Labute approximate surface area is 150 Å². The first-order valence-corrected chi connectivity index (χ1v) is 9.41. The van der Waals surface area contributed by atoms with Crippen LogP contribution in [0.25, 0.3) is 0 Å². The summed E-state index contributed by atoms with van der Waals surface area (Å²) in [5, 5.41) is 2.86. The third-order valence-corrected chi connectivity index (χ3v) is 5.27. The fourth-order valence-corrected chi connectivity index (χ4v) is 3.53. The highest BCUT2D eigenvalue weighted by Gasteiger charge is 2.27. The van der Waals surface area contributed by atoms with Crippen LogP contribution in [0.3, 0.4) is 0 Å². The van der Waals surface area contributed by atoms with Crippen LogP contribution in [0.1, 0.15) is 75.2 Å². The van der Waals surface area contributed by atoms with Gasteiger partial charge in [-0.2, -0.15) is 0 Å². The quantitative estimate of drug-likeness (QED) is 0.810. The van der Waals surface area contributed by atoms with Crippen molar-refractivity contribution in [2.45, 2.75) is 59.3 Å². The second-order valence-corrected chi connectivity index (χ2v) is 7.88. The van der Waals surface area contributed by atoms with Gasteiger partial charge in [0.25, 0.3) is 5.91 Å². The topological polar surface area (TPSA) is 46.2 Å². The van der Waals surface area contributed by atoms with Crippen molar-refractivity contribution in [1.82, 2.24) is 5.32 Å². The molecule has 3 nitrogen and oxygen atoms in total. The number of halogens is 1. The van der Waals surface area contributed by atoms with E-state index in [-0.39, 0.29) is 29.2 Å². The number of hydrogen-bond donors (Lipinski definition) is 1. The van der Waals surface area contributed by atoms with E-state index in [2.05, 4.69) is 5.32 Å². The number of nitrogens with one attached hydrogen (secondary N) is 1. The summed E-state index contributed by atoms with van der Waals surface area (Å²) in [6.07, 6.45) is 3.68. The van der Waals surface area contributed by atoms with Gasteiger partial charge in [0, 0.05) is 18.4 Å². The maximum Gasteiger partial charge on any atom is 0.254 e. The van der Waals surface area contributed by atoms with Crippen molar-refractivity contribution in [3.63, 3.8) is 0 Å². The van der Waals surface area contributed by atoms with Gasteiger partial charge in [-0.05, 0) is 55.2 Å². The Hall–Kier alpha value is -1.71. The Morgan fingerprint density at radius 2 is 1.76 bits per heavy atom. The molecule has 2 rings (SSSR count). The second-order valence-electron chi connectivity index (χ2n) is 7.88. The summed E-state index contributed by atoms with van der Waals surface area (Å²) >= 11 is 0. The molecule has 0 bridgehead atoms. The Morgan fingerprint density at radius 3 is 2.28 bits per heavy atom. The summed E-state index contributed by atoms with van der Waals surface area (Å²) in [6.45, 7) is 8.44. The van der Waals surface area contributed by atoms with E-state index < -0.39 is 5.82 Å². The average Bonchev–Trinajstić information content (AvgIpc) is 2.59.